The lowest BCUT2D eigenvalue weighted by atomic mass is 9.77. The lowest BCUT2D eigenvalue weighted by Gasteiger charge is -2.31. The molecule has 0 aromatic rings. The molecule has 0 amide bonds. The quantitative estimate of drug-likeness (QED) is 0.612. The van der Waals surface area contributed by atoms with Gasteiger partial charge in [-0.25, -0.2) is 0 Å². The van der Waals surface area contributed by atoms with Crippen LogP contribution in [-0.2, 0) is 9.53 Å². The molecule has 0 aromatic carbocycles. The molecule has 13 heavy (non-hydrogen) atoms. The molecule has 0 spiro atoms. The second-order valence-electron chi connectivity index (χ2n) is 3.63. The average Bonchev–Trinajstić information content (AvgIpc) is 2.18. The summed E-state index contributed by atoms with van der Waals surface area (Å²) in [5, 5.41) is 0. The number of fused-ring (bicyclic) bond motifs is 1. The highest BCUT2D eigenvalue weighted by Gasteiger charge is 2.31. The molecule has 0 bridgehead atoms. The van der Waals surface area contributed by atoms with Crippen molar-refractivity contribution in [2.45, 2.75) is 25.4 Å². The third-order valence-corrected chi connectivity index (χ3v) is 2.89. The molecular weight excluding hydrogens is 164 g/mol. The molecule has 70 valence electrons. The van der Waals surface area contributed by atoms with Gasteiger partial charge < -0.3 is 4.74 Å². The number of hydrogen-bond acceptors (Lipinski definition) is 2. The number of carbonyl (C=O) groups is 1. The van der Waals surface area contributed by atoms with E-state index in [0.29, 0.717) is 18.1 Å². The first-order chi connectivity index (χ1) is 6.33. The van der Waals surface area contributed by atoms with Crippen LogP contribution in [0, 0.1) is 5.92 Å². The summed E-state index contributed by atoms with van der Waals surface area (Å²) in [5.74, 6) is 0.624. The van der Waals surface area contributed by atoms with Crippen molar-refractivity contribution >= 4 is 5.78 Å². The van der Waals surface area contributed by atoms with Crippen molar-refractivity contribution in [1.29, 1.82) is 0 Å². The van der Waals surface area contributed by atoms with Gasteiger partial charge in [-0.1, -0.05) is 18.2 Å². The van der Waals surface area contributed by atoms with Gasteiger partial charge in [0.15, 0.2) is 5.78 Å². The summed E-state index contributed by atoms with van der Waals surface area (Å²) in [6.07, 6.45) is 8.84. The minimum absolute atomic E-state index is 0.115. The average molecular weight is 178 g/mol. The van der Waals surface area contributed by atoms with Gasteiger partial charge in [-0.2, -0.15) is 0 Å². The molecule has 0 heterocycles. The Kier molecular flexibility index (Phi) is 2.32. The van der Waals surface area contributed by atoms with E-state index in [2.05, 4.69) is 0 Å². The number of ketones is 1. The van der Waals surface area contributed by atoms with Crippen molar-refractivity contribution in [3.8, 4) is 0 Å². The Morgan fingerprint density at radius 2 is 2.38 bits per heavy atom. The molecule has 0 aromatic heterocycles. The summed E-state index contributed by atoms with van der Waals surface area (Å²) >= 11 is 0. The highest BCUT2D eigenvalue weighted by atomic mass is 16.5. The molecule has 2 heteroatoms. The van der Waals surface area contributed by atoms with E-state index in [1.54, 1.807) is 7.11 Å². The van der Waals surface area contributed by atoms with Crippen molar-refractivity contribution in [2.75, 3.05) is 7.11 Å². The first-order valence-electron chi connectivity index (χ1n) is 4.77. The molecule has 0 saturated heterocycles. The van der Waals surface area contributed by atoms with E-state index in [4.69, 9.17) is 4.74 Å². The maximum Gasteiger partial charge on any atom is 0.159 e. The lowest BCUT2D eigenvalue weighted by Crippen LogP contribution is -2.31. The van der Waals surface area contributed by atoms with Gasteiger partial charge in [0.2, 0.25) is 0 Å². The van der Waals surface area contributed by atoms with E-state index < -0.39 is 0 Å². The largest absolute Gasteiger partial charge is 0.377 e. The fraction of sp³-hybridized carbons (Fsp3) is 0.545. The molecule has 2 aliphatic carbocycles. The van der Waals surface area contributed by atoms with Crippen molar-refractivity contribution in [3.05, 3.63) is 23.8 Å². The Balaban J connectivity index is 2.25. The van der Waals surface area contributed by atoms with Crippen LogP contribution >= 0.6 is 0 Å². The Morgan fingerprint density at radius 3 is 3.15 bits per heavy atom. The zero-order chi connectivity index (χ0) is 9.26. The molecule has 0 N–H and O–H groups in total. The maximum absolute atomic E-state index is 11.5. The zero-order valence-electron chi connectivity index (χ0n) is 7.82. The fourth-order valence-corrected chi connectivity index (χ4v) is 2.19. The van der Waals surface area contributed by atoms with E-state index >= 15 is 0 Å². The topological polar surface area (TPSA) is 26.3 Å². The first kappa shape index (κ1) is 8.70. The minimum Gasteiger partial charge on any atom is -0.377 e. The van der Waals surface area contributed by atoms with Gasteiger partial charge in [0, 0.05) is 25.0 Å². The molecular formula is C11H14O2. The monoisotopic (exact) mass is 178 g/mol. The van der Waals surface area contributed by atoms with Gasteiger partial charge in [-0.05, 0) is 12.8 Å². The van der Waals surface area contributed by atoms with Gasteiger partial charge in [-0.3, -0.25) is 4.79 Å². The van der Waals surface area contributed by atoms with Gasteiger partial charge in [0.25, 0.3) is 0 Å². The highest BCUT2D eigenvalue weighted by Crippen LogP contribution is 2.33. The van der Waals surface area contributed by atoms with Crippen LogP contribution in [-0.4, -0.2) is 19.0 Å². The summed E-state index contributed by atoms with van der Waals surface area (Å²) in [4.78, 5) is 11.5. The summed E-state index contributed by atoms with van der Waals surface area (Å²) in [6.45, 7) is 0. The molecule has 2 atom stereocenters. The van der Waals surface area contributed by atoms with E-state index in [0.717, 1.165) is 18.4 Å². The number of Topliss-reactive ketones (excluding diaryl/α,β-unsaturated/α-hetero) is 1. The fourth-order valence-electron chi connectivity index (χ4n) is 2.19. The zero-order valence-corrected chi connectivity index (χ0v) is 7.82. The predicted molar refractivity (Wildman–Crippen MR) is 50.4 cm³/mol. The summed E-state index contributed by atoms with van der Waals surface area (Å²) in [7, 11) is 1.71. The normalized spacial score (nSPS) is 32.7. The smallest absolute Gasteiger partial charge is 0.159 e. The van der Waals surface area contributed by atoms with Gasteiger partial charge in [-0.15, -0.1) is 0 Å². The standard InChI is InChI=1S/C11H14O2/c1-13-11-7-3-4-8-9(11)5-2-6-10(8)12/h3-4,7,9,11H,2,5-6H2,1H3. The second-order valence-corrected chi connectivity index (χ2v) is 3.63. The summed E-state index contributed by atoms with van der Waals surface area (Å²) < 4.78 is 5.33. The number of hydrogen-bond donors (Lipinski definition) is 0. The van der Waals surface area contributed by atoms with Gasteiger partial charge in [0.05, 0.1) is 6.10 Å². The number of carbonyl (C=O) groups excluding carboxylic acids is 1. The summed E-state index contributed by atoms with van der Waals surface area (Å²) in [6, 6.07) is 0. The third kappa shape index (κ3) is 1.46. The second kappa shape index (κ2) is 3.46. The van der Waals surface area contributed by atoms with Crippen LogP contribution in [0.4, 0.5) is 0 Å². The van der Waals surface area contributed by atoms with Crippen molar-refractivity contribution in [3.63, 3.8) is 0 Å². The van der Waals surface area contributed by atoms with Gasteiger partial charge in [0.1, 0.15) is 0 Å². The Morgan fingerprint density at radius 1 is 1.54 bits per heavy atom. The van der Waals surface area contributed by atoms with Crippen LogP contribution in [0.5, 0.6) is 0 Å². The molecule has 0 radical (unpaired) electrons. The van der Waals surface area contributed by atoms with Crippen LogP contribution < -0.4 is 0 Å². The summed E-state index contributed by atoms with van der Waals surface area (Å²) in [5.41, 5.74) is 0.973. The van der Waals surface area contributed by atoms with E-state index in [-0.39, 0.29) is 6.10 Å². The maximum atomic E-state index is 11.5. The van der Waals surface area contributed by atoms with E-state index in [1.165, 1.54) is 0 Å². The number of ether oxygens (including phenoxy) is 1. The molecule has 2 aliphatic rings. The van der Waals surface area contributed by atoms with Crippen LogP contribution in [0.3, 0.4) is 0 Å². The van der Waals surface area contributed by atoms with Gasteiger partial charge >= 0.3 is 0 Å². The number of methoxy groups -OCH3 is 1. The van der Waals surface area contributed by atoms with Crippen LogP contribution in [0.15, 0.2) is 23.8 Å². The molecule has 2 unspecified atom stereocenters. The molecule has 0 aliphatic heterocycles. The number of rotatable bonds is 1. The van der Waals surface area contributed by atoms with Crippen molar-refractivity contribution < 1.29 is 9.53 Å². The molecule has 1 saturated carbocycles. The van der Waals surface area contributed by atoms with Crippen molar-refractivity contribution in [1.82, 2.24) is 0 Å². The lowest BCUT2D eigenvalue weighted by molar-refractivity contribution is -0.117. The first-order valence-corrected chi connectivity index (χ1v) is 4.77. The molecule has 2 rings (SSSR count). The SMILES string of the molecule is COC1C=CC=C2C(=O)CCCC21. The third-order valence-electron chi connectivity index (χ3n) is 2.89. The molecule has 1 fully saturated rings. The highest BCUT2D eigenvalue weighted by molar-refractivity contribution is 5.97. The van der Waals surface area contributed by atoms with Crippen LogP contribution in [0.1, 0.15) is 19.3 Å². The Bertz CT molecular complexity index is 276. The minimum atomic E-state index is 0.115. The molecule has 2 nitrogen and oxygen atoms in total. The van der Waals surface area contributed by atoms with Crippen molar-refractivity contribution in [2.24, 2.45) is 5.92 Å². The predicted octanol–water partition coefficient (Wildman–Crippen LogP) is 1.87. The van der Waals surface area contributed by atoms with E-state index in [9.17, 15) is 4.79 Å². The van der Waals surface area contributed by atoms with E-state index in [1.807, 2.05) is 18.2 Å². The number of allylic oxidation sites excluding steroid dienone is 2. The Labute approximate surface area is 78.3 Å². The van der Waals surface area contributed by atoms with Crippen LogP contribution in [0.25, 0.3) is 0 Å². The Hall–Kier alpha value is -0.890. The van der Waals surface area contributed by atoms with Crippen LogP contribution in [0.2, 0.25) is 0 Å².